The van der Waals surface area contributed by atoms with Gasteiger partial charge >= 0.3 is 0 Å². The van der Waals surface area contributed by atoms with Crippen molar-refractivity contribution in [2.45, 2.75) is 108 Å². The molecule has 1 aliphatic carbocycles. The number of fused-ring (bicyclic) bond motifs is 1. The molecule has 4 saturated heterocycles. The molecule has 1 aromatic rings. The van der Waals surface area contributed by atoms with Crippen molar-refractivity contribution in [1.29, 1.82) is 0 Å². The third kappa shape index (κ3) is 8.04. The van der Waals surface area contributed by atoms with Gasteiger partial charge in [0.05, 0.1) is 6.10 Å². The highest BCUT2D eigenvalue weighted by atomic mass is 16.5. The zero-order chi connectivity index (χ0) is 25.8. The van der Waals surface area contributed by atoms with Gasteiger partial charge in [0.2, 0.25) is 12.3 Å². The van der Waals surface area contributed by atoms with Crippen LogP contribution in [0.15, 0.2) is 36.4 Å². The molecule has 2 amide bonds. The SMILES string of the molecule is CC.CN(CC1CCO1)C1CCCC(=O)N2CCC[C@@H]2C1.O=CN1CCCC12CC2.c1ccccc1. The molecule has 2 unspecified atom stereocenters. The molecule has 202 valence electrons. The van der Waals surface area contributed by atoms with Gasteiger partial charge in [-0.05, 0) is 71.3 Å². The summed E-state index contributed by atoms with van der Waals surface area (Å²) in [5, 5.41) is 0. The fourth-order valence-electron chi connectivity index (χ4n) is 5.96. The molecule has 1 aromatic carbocycles. The summed E-state index contributed by atoms with van der Waals surface area (Å²) in [6, 6.07) is 13.1. The van der Waals surface area contributed by atoms with E-state index in [4.69, 9.17) is 4.74 Å². The van der Waals surface area contributed by atoms with Crippen molar-refractivity contribution in [3.05, 3.63) is 36.4 Å². The quantitative estimate of drug-likeness (QED) is 0.539. The molecule has 6 nitrogen and oxygen atoms in total. The van der Waals surface area contributed by atoms with E-state index in [0.717, 1.165) is 51.9 Å². The molecule has 5 fully saturated rings. The number of hydrogen-bond acceptors (Lipinski definition) is 4. The van der Waals surface area contributed by atoms with Gasteiger partial charge in [-0.1, -0.05) is 50.2 Å². The highest BCUT2D eigenvalue weighted by molar-refractivity contribution is 5.76. The molecule has 0 N–H and O–H groups in total. The molecule has 4 aliphatic heterocycles. The number of carbonyl (C=O) groups excluding carboxylic acids is 2. The third-order valence-electron chi connectivity index (χ3n) is 8.35. The average Bonchev–Trinajstić information content (AvgIpc) is 3.32. The van der Waals surface area contributed by atoms with Crippen molar-refractivity contribution in [2.75, 3.05) is 33.3 Å². The van der Waals surface area contributed by atoms with Crippen molar-refractivity contribution < 1.29 is 14.3 Å². The Balaban J connectivity index is 0.000000174. The molecular weight excluding hydrogens is 450 g/mol. The predicted molar refractivity (Wildman–Crippen MR) is 146 cm³/mol. The fraction of sp³-hybridized carbons (Fsp3) is 0.733. The highest BCUT2D eigenvalue weighted by Gasteiger charge is 2.50. The summed E-state index contributed by atoms with van der Waals surface area (Å²) in [6.07, 6.45) is 14.2. The Bertz CT molecular complexity index is 739. The van der Waals surface area contributed by atoms with Crippen LogP contribution in [0, 0.1) is 0 Å². The lowest BCUT2D eigenvalue weighted by Gasteiger charge is -2.38. The first-order valence-electron chi connectivity index (χ1n) is 14.4. The Labute approximate surface area is 219 Å². The Morgan fingerprint density at radius 3 is 2.17 bits per heavy atom. The predicted octanol–water partition coefficient (Wildman–Crippen LogP) is 5.12. The van der Waals surface area contributed by atoms with Crippen LogP contribution in [0.5, 0.6) is 0 Å². The monoisotopic (exact) mass is 499 g/mol. The fourth-order valence-corrected chi connectivity index (χ4v) is 5.96. The van der Waals surface area contributed by atoms with Gasteiger partial charge in [-0.2, -0.15) is 0 Å². The molecule has 6 rings (SSSR count). The van der Waals surface area contributed by atoms with Crippen LogP contribution in [0.2, 0.25) is 0 Å². The minimum absolute atomic E-state index is 0.377. The molecule has 4 heterocycles. The second-order valence-electron chi connectivity index (χ2n) is 10.7. The van der Waals surface area contributed by atoms with Gasteiger partial charge in [0.15, 0.2) is 0 Å². The summed E-state index contributed by atoms with van der Waals surface area (Å²) in [6.45, 7) is 7.99. The maximum absolute atomic E-state index is 12.1. The summed E-state index contributed by atoms with van der Waals surface area (Å²) < 4.78 is 5.55. The topological polar surface area (TPSA) is 53.1 Å². The van der Waals surface area contributed by atoms with Gasteiger partial charge in [-0.15, -0.1) is 0 Å². The maximum Gasteiger partial charge on any atom is 0.222 e. The van der Waals surface area contributed by atoms with Crippen molar-refractivity contribution in [2.24, 2.45) is 0 Å². The van der Waals surface area contributed by atoms with Crippen LogP contribution in [0.3, 0.4) is 0 Å². The van der Waals surface area contributed by atoms with Crippen LogP contribution in [0.25, 0.3) is 0 Å². The molecule has 0 bridgehead atoms. The summed E-state index contributed by atoms with van der Waals surface area (Å²) >= 11 is 0. The Morgan fingerprint density at radius 1 is 0.972 bits per heavy atom. The van der Waals surface area contributed by atoms with E-state index in [1.54, 1.807) is 0 Å². The lowest BCUT2D eigenvalue weighted by Crippen LogP contribution is -2.47. The molecular formula is C30H49N3O3. The van der Waals surface area contributed by atoms with Crippen LogP contribution in [-0.2, 0) is 14.3 Å². The van der Waals surface area contributed by atoms with Crippen molar-refractivity contribution in [3.8, 4) is 0 Å². The van der Waals surface area contributed by atoms with Gasteiger partial charge in [0.1, 0.15) is 0 Å². The van der Waals surface area contributed by atoms with Gasteiger partial charge in [-0.3, -0.25) is 9.59 Å². The van der Waals surface area contributed by atoms with Crippen LogP contribution in [0.4, 0.5) is 0 Å². The molecule has 1 saturated carbocycles. The van der Waals surface area contributed by atoms with Crippen LogP contribution in [0.1, 0.15) is 84.5 Å². The molecule has 3 atom stereocenters. The van der Waals surface area contributed by atoms with E-state index < -0.39 is 0 Å². The zero-order valence-corrected chi connectivity index (χ0v) is 22.9. The number of benzene rings is 1. The van der Waals surface area contributed by atoms with E-state index in [1.165, 1.54) is 51.4 Å². The van der Waals surface area contributed by atoms with Gasteiger partial charge < -0.3 is 19.4 Å². The largest absolute Gasteiger partial charge is 0.377 e. The third-order valence-corrected chi connectivity index (χ3v) is 8.35. The summed E-state index contributed by atoms with van der Waals surface area (Å²) in [5.41, 5.74) is 0.377. The lowest BCUT2D eigenvalue weighted by atomic mass is 9.95. The molecule has 0 aromatic heterocycles. The van der Waals surface area contributed by atoms with Crippen LogP contribution < -0.4 is 0 Å². The number of hydrogen-bond donors (Lipinski definition) is 0. The van der Waals surface area contributed by atoms with Crippen molar-refractivity contribution >= 4 is 12.3 Å². The van der Waals surface area contributed by atoms with E-state index in [2.05, 4.69) is 16.8 Å². The normalized spacial score (nSPS) is 27.7. The number of rotatable bonds is 4. The minimum Gasteiger partial charge on any atom is -0.377 e. The van der Waals surface area contributed by atoms with Crippen LogP contribution >= 0.6 is 0 Å². The summed E-state index contributed by atoms with van der Waals surface area (Å²) in [7, 11) is 2.23. The molecule has 5 aliphatic rings. The van der Waals surface area contributed by atoms with Gasteiger partial charge in [0.25, 0.3) is 0 Å². The first-order chi connectivity index (χ1) is 17.6. The van der Waals surface area contributed by atoms with Crippen LogP contribution in [-0.4, -0.2) is 84.0 Å². The molecule has 0 radical (unpaired) electrons. The van der Waals surface area contributed by atoms with Crippen molar-refractivity contribution in [1.82, 2.24) is 14.7 Å². The van der Waals surface area contributed by atoms with E-state index in [9.17, 15) is 9.59 Å². The standard InChI is InChI=1S/C15H26N2O2.C7H11NO.C6H6.C2H6/c1-16(11-14-7-9-19-14)12-4-2-6-15(18)17-8-3-5-13(17)10-12;9-6-8-5-1-2-7(8)3-4-7;1-2-4-6-5-3-1;1-2/h12-14H,2-11H2,1H3;6H,1-5H2;1-6H;1-2H3/t12?,13-,14?;;;/m1.../s1. The second-order valence-corrected chi connectivity index (χ2v) is 10.7. The Kier molecular flexibility index (Phi) is 11.7. The minimum atomic E-state index is 0.377. The zero-order valence-electron chi connectivity index (χ0n) is 22.9. The number of amides is 2. The molecule has 6 heteroatoms. The number of ether oxygens (including phenoxy) is 1. The second kappa shape index (κ2) is 14.7. The van der Waals surface area contributed by atoms with Gasteiger partial charge in [-0.25, -0.2) is 0 Å². The number of likely N-dealkylation sites (N-methyl/N-ethyl adjacent to an activating group) is 1. The first kappa shape index (κ1) is 28.6. The van der Waals surface area contributed by atoms with Gasteiger partial charge in [0, 0.05) is 50.3 Å². The smallest absolute Gasteiger partial charge is 0.222 e. The lowest BCUT2D eigenvalue weighted by molar-refractivity contribution is -0.133. The average molecular weight is 500 g/mol. The number of carbonyl (C=O) groups is 2. The van der Waals surface area contributed by atoms with Crippen molar-refractivity contribution in [3.63, 3.8) is 0 Å². The summed E-state index contributed by atoms with van der Waals surface area (Å²) in [5.74, 6) is 0.394. The first-order valence-corrected chi connectivity index (χ1v) is 14.4. The van der Waals surface area contributed by atoms with E-state index in [1.807, 2.05) is 55.1 Å². The highest BCUT2D eigenvalue weighted by Crippen LogP contribution is 2.48. The molecule has 1 spiro atoms. The van der Waals surface area contributed by atoms with E-state index in [-0.39, 0.29) is 0 Å². The van der Waals surface area contributed by atoms with E-state index in [0.29, 0.717) is 29.6 Å². The number of likely N-dealkylation sites (tertiary alicyclic amines) is 1. The maximum atomic E-state index is 12.1. The molecule has 36 heavy (non-hydrogen) atoms. The Morgan fingerprint density at radius 2 is 1.64 bits per heavy atom. The summed E-state index contributed by atoms with van der Waals surface area (Å²) in [4.78, 5) is 29.1. The van der Waals surface area contributed by atoms with E-state index >= 15 is 0 Å². The number of nitrogens with zero attached hydrogens (tertiary/aromatic N) is 3. The Hall–Kier alpha value is -1.92.